The maximum Gasteiger partial charge on any atom is 0.410 e. The number of piperidine rings is 1. The molecule has 3 N–H and O–H groups in total. The molecule has 2 amide bonds. The normalized spacial score (nSPS) is 23.6. The number of hydrogen-bond acceptors (Lipinski definition) is 7. The Balaban J connectivity index is 1.53. The lowest BCUT2D eigenvalue weighted by molar-refractivity contribution is -0.120. The molecule has 2 unspecified atom stereocenters. The molecule has 9 nitrogen and oxygen atoms in total. The first-order valence-corrected chi connectivity index (χ1v) is 11.6. The smallest absolute Gasteiger partial charge is 0.410 e. The number of halogens is 1. The number of hydrogen-bond donors (Lipinski definition) is 2. The summed E-state index contributed by atoms with van der Waals surface area (Å²) in [6.07, 6.45) is 2.80. The van der Waals surface area contributed by atoms with Crippen LogP contribution < -0.4 is 11.1 Å². The van der Waals surface area contributed by atoms with Crippen molar-refractivity contribution in [3.05, 3.63) is 33.9 Å². The van der Waals surface area contributed by atoms with Crippen LogP contribution in [0.4, 0.5) is 4.79 Å². The third kappa shape index (κ3) is 6.22. The van der Waals surface area contributed by atoms with E-state index in [0.717, 1.165) is 18.5 Å². The fourth-order valence-corrected chi connectivity index (χ4v) is 4.32. The lowest BCUT2D eigenvalue weighted by atomic mass is 10.0. The number of likely N-dealkylation sites (tertiary alicyclic amines) is 1. The number of nitrogens with zero attached hydrogens (tertiary/aromatic N) is 2. The van der Waals surface area contributed by atoms with E-state index in [-0.39, 0.29) is 24.1 Å². The zero-order valence-corrected chi connectivity index (χ0v) is 20.8. The van der Waals surface area contributed by atoms with Crippen LogP contribution in [0.5, 0.6) is 0 Å². The Morgan fingerprint density at radius 3 is 2.76 bits per heavy atom. The van der Waals surface area contributed by atoms with Crippen molar-refractivity contribution in [2.75, 3.05) is 40.3 Å². The van der Waals surface area contributed by atoms with Crippen LogP contribution in [0.15, 0.2) is 33.9 Å². The maximum absolute atomic E-state index is 13.0. The molecule has 0 aromatic heterocycles. The summed E-state index contributed by atoms with van der Waals surface area (Å²) in [5.41, 5.74) is 7.37. The van der Waals surface area contributed by atoms with Crippen molar-refractivity contribution in [2.45, 2.75) is 57.8 Å². The Morgan fingerprint density at radius 2 is 2.09 bits per heavy atom. The number of carbonyl (C=O) groups is 2. The van der Waals surface area contributed by atoms with Gasteiger partial charge in [-0.2, -0.15) is 0 Å². The van der Waals surface area contributed by atoms with E-state index in [0.29, 0.717) is 54.5 Å². The van der Waals surface area contributed by atoms with Crippen molar-refractivity contribution in [2.24, 2.45) is 5.73 Å². The van der Waals surface area contributed by atoms with Crippen LogP contribution in [-0.4, -0.2) is 79.9 Å². The minimum atomic E-state index is -0.522. The molecule has 3 rings (SSSR count). The second-order valence-corrected chi connectivity index (χ2v) is 10.0. The Hall–Kier alpha value is -2.23. The third-order valence-corrected chi connectivity index (χ3v) is 6.32. The predicted molar refractivity (Wildman–Crippen MR) is 125 cm³/mol. The lowest BCUT2D eigenvalue weighted by Gasteiger charge is -2.38. The van der Waals surface area contributed by atoms with Crippen molar-refractivity contribution < 1.29 is 23.8 Å². The highest BCUT2D eigenvalue weighted by molar-refractivity contribution is 6.32. The Labute approximate surface area is 200 Å². The van der Waals surface area contributed by atoms with Gasteiger partial charge in [0.05, 0.1) is 28.4 Å². The van der Waals surface area contributed by atoms with Crippen LogP contribution in [0.3, 0.4) is 0 Å². The van der Waals surface area contributed by atoms with Crippen LogP contribution in [0.1, 0.15) is 40.0 Å². The van der Waals surface area contributed by atoms with E-state index in [1.54, 1.807) is 19.1 Å². The van der Waals surface area contributed by atoms with Gasteiger partial charge in [0.25, 0.3) is 5.91 Å². The molecule has 2 heterocycles. The molecule has 33 heavy (non-hydrogen) atoms. The van der Waals surface area contributed by atoms with Gasteiger partial charge in [-0.15, -0.1) is 0 Å². The molecule has 1 saturated heterocycles. The number of amides is 2. The van der Waals surface area contributed by atoms with Gasteiger partial charge < -0.3 is 30.2 Å². The summed E-state index contributed by atoms with van der Waals surface area (Å²) < 4.78 is 16.7. The molecule has 0 radical (unpaired) electrons. The number of nitrogens with one attached hydrogen (secondary N) is 1. The number of fused-ring (bicyclic) bond motifs is 1. The maximum atomic E-state index is 13.0. The van der Waals surface area contributed by atoms with Gasteiger partial charge in [-0.1, -0.05) is 11.6 Å². The molecule has 0 spiro atoms. The minimum absolute atomic E-state index is 0.122. The number of carbonyl (C=O) groups excluding carboxylic acids is 2. The van der Waals surface area contributed by atoms with Crippen LogP contribution in [0.25, 0.3) is 0 Å². The summed E-state index contributed by atoms with van der Waals surface area (Å²) in [4.78, 5) is 29.0. The second kappa shape index (κ2) is 10.4. The van der Waals surface area contributed by atoms with Crippen LogP contribution in [-0.2, 0) is 19.0 Å². The van der Waals surface area contributed by atoms with E-state index in [1.165, 1.54) is 6.26 Å². The monoisotopic (exact) mass is 482 g/mol. The van der Waals surface area contributed by atoms with Crippen molar-refractivity contribution in [3.63, 3.8) is 0 Å². The predicted octanol–water partition coefficient (Wildman–Crippen LogP) is 2.43. The lowest BCUT2D eigenvalue weighted by Crippen LogP contribution is -2.56. The highest BCUT2D eigenvalue weighted by Gasteiger charge is 2.35. The van der Waals surface area contributed by atoms with Crippen molar-refractivity contribution >= 4 is 23.6 Å². The largest absolute Gasteiger partial charge is 0.462 e. The Morgan fingerprint density at radius 1 is 1.36 bits per heavy atom. The van der Waals surface area contributed by atoms with E-state index in [2.05, 4.69) is 10.2 Å². The zero-order valence-electron chi connectivity index (χ0n) is 20.1. The molecule has 3 aliphatic rings. The summed E-state index contributed by atoms with van der Waals surface area (Å²) in [7, 11) is 3.38. The third-order valence-electron chi connectivity index (χ3n) is 6.03. The number of rotatable bonds is 6. The molecular formula is C23H35ClN4O5. The number of ether oxygens (including phenoxy) is 3. The zero-order chi connectivity index (χ0) is 24.3. The standard InChI is InChI=1S/C23H35ClN4O5/c1-23(2,3)33-22(30)27(4)10-11-28-9-8-17(18(12-28)31-5)26-21(29)15-7-6-14-19(25)16(24)13-32-20(14)15/h13,17-18H,6-12,25H2,1-5H3,(H,26,29). The van der Waals surface area contributed by atoms with Gasteiger partial charge in [0, 0.05) is 45.9 Å². The van der Waals surface area contributed by atoms with Crippen LogP contribution in [0, 0.1) is 0 Å². The van der Waals surface area contributed by atoms with Gasteiger partial charge in [0.15, 0.2) is 0 Å². The van der Waals surface area contributed by atoms with E-state index in [4.69, 9.17) is 31.5 Å². The quantitative estimate of drug-likeness (QED) is 0.598. The molecule has 1 aliphatic carbocycles. The molecule has 10 heteroatoms. The van der Waals surface area contributed by atoms with E-state index in [9.17, 15) is 9.59 Å². The summed E-state index contributed by atoms with van der Waals surface area (Å²) in [5.74, 6) is 0.357. The average molecular weight is 483 g/mol. The van der Waals surface area contributed by atoms with Crippen molar-refractivity contribution in [3.8, 4) is 0 Å². The fourth-order valence-electron chi connectivity index (χ4n) is 4.16. The Kier molecular flexibility index (Phi) is 7.97. The van der Waals surface area contributed by atoms with E-state index in [1.807, 2.05) is 20.8 Å². The Bertz CT molecular complexity index is 877. The summed E-state index contributed by atoms with van der Waals surface area (Å²) in [6, 6.07) is -0.122. The first kappa shape index (κ1) is 25.4. The minimum Gasteiger partial charge on any atom is -0.462 e. The van der Waals surface area contributed by atoms with E-state index >= 15 is 0 Å². The van der Waals surface area contributed by atoms with Gasteiger partial charge >= 0.3 is 6.09 Å². The number of allylic oxidation sites excluding steroid dienone is 2. The molecule has 0 bridgehead atoms. The molecule has 2 aliphatic heterocycles. The average Bonchev–Trinajstić information content (AvgIpc) is 3.19. The van der Waals surface area contributed by atoms with E-state index < -0.39 is 5.60 Å². The fraction of sp³-hybridized carbons (Fsp3) is 0.652. The summed E-state index contributed by atoms with van der Waals surface area (Å²) in [6.45, 7) is 8.22. The van der Waals surface area contributed by atoms with Crippen molar-refractivity contribution in [1.82, 2.24) is 15.1 Å². The molecule has 0 aromatic rings. The first-order chi connectivity index (χ1) is 15.5. The number of likely N-dealkylation sites (N-methyl/N-ethyl adjacent to an activating group) is 1. The van der Waals surface area contributed by atoms with Gasteiger partial charge in [0.1, 0.15) is 17.6 Å². The van der Waals surface area contributed by atoms with Crippen LogP contribution in [0.2, 0.25) is 0 Å². The first-order valence-electron chi connectivity index (χ1n) is 11.2. The van der Waals surface area contributed by atoms with Crippen molar-refractivity contribution in [1.29, 1.82) is 0 Å². The topological polar surface area (TPSA) is 106 Å². The SMILES string of the molecule is COC1CN(CCN(C)C(=O)OC(C)(C)C)CCC1NC(=O)C1=C2OC=C(Cl)C(N)=C2CC1. The number of methoxy groups -OCH3 is 1. The highest BCUT2D eigenvalue weighted by atomic mass is 35.5. The number of nitrogens with two attached hydrogens (primary N) is 1. The molecule has 2 atom stereocenters. The van der Waals surface area contributed by atoms with Gasteiger partial charge in [-0.05, 0) is 40.0 Å². The highest BCUT2D eigenvalue weighted by Crippen LogP contribution is 2.39. The molecular weight excluding hydrogens is 448 g/mol. The van der Waals surface area contributed by atoms with Gasteiger partial charge in [-0.3, -0.25) is 9.69 Å². The molecule has 0 saturated carbocycles. The van der Waals surface area contributed by atoms with Gasteiger partial charge in [-0.25, -0.2) is 4.79 Å². The van der Waals surface area contributed by atoms with Gasteiger partial charge in [0.2, 0.25) is 0 Å². The summed E-state index contributed by atoms with van der Waals surface area (Å²) >= 11 is 6.04. The molecule has 1 fully saturated rings. The summed E-state index contributed by atoms with van der Waals surface area (Å²) in [5, 5.41) is 3.48. The molecule has 0 aromatic carbocycles. The molecule has 184 valence electrons. The van der Waals surface area contributed by atoms with Crippen LogP contribution >= 0.6 is 11.6 Å². The second-order valence-electron chi connectivity index (χ2n) is 9.63.